The van der Waals surface area contributed by atoms with E-state index in [4.69, 9.17) is 4.55 Å². The van der Waals surface area contributed by atoms with Crippen LogP contribution < -0.4 is 0 Å². The van der Waals surface area contributed by atoms with Crippen LogP contribution in [0.5, 0.6) is 0 Å². The zero-order valence-electron chi connectivity index (χ0n) is 13.0. The van der Waals surface area contributed by atoms with Gasteiger partial charge in [-0.25, -0.2) is 0 Å². The van der Waals surface area contributed by atoms with Crippen LogP contribution in [0.15, 0.2) is 12.2 Å². The van der Waals surface area contributed by atoms with Crippen LogP contribution in [0.1, 0.15) is 84.0 Å². The molecule has 0 heterocycles. The summed E-state index contributed by atoms with van der Waals surface area (Å²) in [5.74, 6) is -0.259. The Labute approximate surface area is 154 Å². The molecule has 0 aliphatic heterocycles. The van der Waals surface area contributed by atoms with Crippen LogP contribution in [-0.4, -0.2) is 48.3 Å². The molecule has 1 N–H and O–H groups in total. The molecule has 0 aromatic heterocycles. The third-order valence-electron chi connectivity index (χ3n) is 3.45. The average molecular weight is 328 g/mol. The van der Waals surface area contributed by atoms with Gasteiger partial charge in [0.2, 0.25) is 0 Å². The van der Waals surface area contributed by atoms with Crippen molar-refractivity contribution < 1.29 is 13.0 Å². The zero-order valence-corrected chi connectivity index (χ0v) is 13.8. The van der Waals surface area contributed by atoms with Gasteiger partial charge in [0.1, 0.15) is 0 Å². The van der Waals surface area contributed by atoms with E-state index in [1.54, 1.807) is 0 Å². The Hall–Kier alpha value is 0.650. The van der Waals surface area contributed by atoms with Crippen molar-refractivity contribution in [3.63, 3.8) is 0 Å². The molecule has 0 aromatic rings. The molecule has 0 bridgehead atoms. The van der Waals surface area contributed by atoms with Gasteiger partial charge in [-0.3, -0.25) is 4.55 Å². The van der Waals surface area contributed by atoms with Gasteiger partial charge in [0.25, 0.3) is 10.1 Å². The van der Waals surface area contributed by atoms with Gasteiger partial charge < -0.3 is 0 Å². The van der Waals surface area contributed by atoms with Crippen molar-refractivity contribution >= 4 is 39.7 Å². The molecule has 0 aliphatic carbocycles. The van der Waals surface area contributed by atoms with Gasteiger partial charge in [-0.2, -0.15) is 8.42 Å². The second kappa shape index (κ2) is 17.0. The monoisotopic (exact) mass is 328 g/mol. The first-order chi connectivity index (χ1) is 9.56. The topological polar surface area (TPSA) is 54.4 Å². The number of rotatable bonds is 14. The average Bonchev–Trinajstić information content (AvgIpc) is 2.38. The Morgan fingerprint density at radius 2 is 1.19 bits per heavy atom. The summed E-state index contributed by atoms with van der Waals surface area (Å²) in [6, 6.07) is 0. The van der Waals surface area contributed by atoms with E-state index in [0.29, 0.717) is 0 Å². The van der Waals surface area contributed by atoms with Crippen LogP contribution in [0.2, 0.25) is 0 Å². The van der Waals surface area contributed by atoms with E-state index < -0.39 is 10.1 Å². The molecule has 0 aromatic carbocycles. The van der Waals surface area contributed by atoms with Crippen molar-refractivity contribution in [1.29, 1.82) is 0 Å². The van der Waals surface area contributed by atoms with E-state index in [0.717, 1.165) is 12.8 Å². The fraction of sp³-hybridized carbons (Fsp3) is 0.875. The minimum absolute atomic E-state index is 0. The minimum atomic E-state index is -3.83. The predicted molar refractivity (Wildman–Crippen MR) is 93.8 cm³/mol. The van der Waals surface area contributed by atoms with Gasteiger partial charge in [-0.05, 0) is 12.8 Å². The van der Waals surface area contributed by atoms with Crippen LogP contribution >= 0.6 is 0 Å². The van der Waals surface area contributed by atoms with Crippen molar-refractivity contribution in [2.45, 2.75) is 84.0 Å². The van der Waals surface area contributed by atoms with Crippen LogP contribution in [0.4, 0.5) is 0 Å². The number of allylic oxidation sites excluding steroid dienone is 1. The van der Waals surface area contributed by atoms with E-state index >= 15 is 0 Å². The molecule has 5 heteroatoms. The third-order valence-corrected chi connectivity index (χ3v) is 4.06. The van der Waals surface area contributed by atoms with Gasteiger partial charge >= 0.3 is 29.6 Å². The molecule has 0 radical (unpaired) electrons. The van der Waals surface area contributed by atoms with E-state index in [-0.39, 0.29) is 35.3 Å². The van der Waals surface area contributed by atoms with Gasteiger partial charge in [0.15, 0.2) is 0 Å². The first-order valence-electron chi connectivity index (χ1n) is 8.16. The Morgan fingerprint density at radius 1 is 0.762 bits per heavy atom. The van der Waals surface area contributed by atoms with Gasteiger partial charge in [-0.15, -0.1) is 0 Å². The first-order valence-corrected chi connectivity index (χ1v) is 9.77. The van der Waals surface area contributed by atoms with E-state index in [2.05, 4.69) is 6.92 Å². The van der Waals surface area contributed by atoms with Gasteiger partial charge in [-0.1, -0.05) is 83.3 Å². The maximum absolute atomic E-state index is 10.5. The Bertz CT molecular complexity index is 326. The van der Waals surface area contributed by atoms with Crippen molar-refractivity contribution in [3.8, 4) is 0 Å². The summed E-state index contributed by atoms with van der Waals surface area (Å²) < 4.78 is 29.4. The molecule has 21 heavy (non-hydrogen) atoms. The molecule has 3 nitrogen and oxygen atoms in total. The molecule has 0 unspecified atom stereocenters. The molecule has 0 amide bonds. The molecule has 0 saturated carbocycles. The molecule has 122 valence electrons. The van der Waals surface area contributed by atoms with Crippen LogP contribution in [0.25, 0.3) is 0 Å². The van der Waals surface area contributed by atoms with E-state index in [9.17, 15) is 8.42 Å². The molecule has 0 fully saturated rings. The Morgan fingerprint density at radius 3 is 1.62 bits per heavy atom. The van der Waals surface area contributed by atoms with Gasteiger partial charge in [0.05, 0.1) is 5.75 Å². The molecule has 0 rings (SSSR count). The van der Waals surface area contributed by atoms with E-state index in [1.807, 2.05) is 6.08 Å². The predicted octanol–water partition coefficient (Wildman–Crippen LogP) is 4.48. The second-order valence-corrected chi connectivity index (χ2v) is 7.04. The first kappa shape index (κ1) is 23.9. The molecular weight excluding hydrogens is 295 g/mol. The summed E-state index contributed by atoms with van der Waals surface area (Å²) >= 11 is 0. The van der Waals surface area contributed by atoms with Crippen LogP contribution in [0, 0.1) is 0 Å². The molecule has 0 saturated heterocycles. The quantitative estimate of drug-likeness (QED) is 0.221. The molecule has 0 atom stereocenters. The van der Waals surface area contributed by atoms with Crippen molar-refractivity contribution in [2.75, 3.05) is 5.75 Å². The third kappa shape index (κ3) is 23.1. The van der Waals surface area contributed by atoms with Crippen LogP contribution in [0.3, 0.4) is 0 Å². The number of hydrogen-bond acceptors (Lipinski definition) is 2. The molecular formula is C16H33NaO3S. The Kier molecular flexibility index (Phi) is 19.4. The Balaban J connectivity index is 0. The van der Waals surface area contributed by atoms with Crippen LogP contribution in [-0.2, 0) is 10.1 Å². The molecule has 0 spiro atoms. The van der Waals surface area contributed by atoms with Crippen molar-refractivity contribution in [3.05, 3.63) is 12.2 Å². The maximum atomic E-state index is 10.5. The fourth-order valence-electron chi connectivity index (χ4n) is 2.23. The van der Waals surface area contributed by atoms with E-state index in [1.165, 1.54) is 70.3 Å². The summed E-state index contributed by atoms with van der Waals surface area (Å²) in [4.78, 5) is 0. The number of hydrogen-bond donors (Lipinski definition) is 1. The second-order valence-electron chi connectivity index (χ2n) is 5.54. The summed E-state index contributed by atoms with van der Waals surface area (Å²) in [7, 11) is -3.83. The summed E-state index contributed by atoms with van der Waals surface area (Å²) in [6.45, 7) is 2.25. The summed E-state index contributed by atoms with van der Waals surface area (Å²) in [5, 5.41) is 0. The van der Waals surface area contributed by atoms with Crippen molar-refractivity contribution in [2.24, 2.45) is 0 Å². The fourth-order valence-corrected chi connectivity index (χ4v) is 2.61. The normalized spacial score (nSPS) is 11.7. The summed E-state index contributed by atoms with van der Waals surface area (Å²) in [6.07, 6.45) is 18.8. The summed E-state index contributed by atoms with van der Waals surface area (Å²) in [5.41, 5.74) is 0. The molecule has 0 aliphatic rings. The SMILES string of the molecule is CCCCCCCCCCCCCC=CCS(=O)(=O)O.[NaH]. The zero-order chi connectivity index (χ0) is 15.1. The standard InChI is InChI=1S/C16H32O3S.Na.H/c1-2-3-4-5-6-7-8-9-10-11-12-13-14-15-16-20(17,18)19;;/h14-15H,2-13,16H2,1H3,(H,17,18,19);;. The van der Waals surface area contributed by atoms with Gasteiger partial charge in [0, 0.05) is 0 Å². The number of unbranched alkanes of at least 4 members (excludes halogenated alkanes) is 11. The van der Waals surface area contributed by atoms with Crippen molar-refractivity contribution in [1.82, 2.24) is 0 Å².